The van der Waals surface area contributed by atoms with E-state index in [9.17, 15) is 9.59 Å². The normalized spacial score (nSPS) is 11.7. The SMILES string of the molecule is CC(C)NC(=O)COCCOCC(=O)C(C)(C)C. The van der Waals surface area contributed by atoms with Crippen LogP contribution in [0.1, 0.15) is 34.6 Å². The van der Waals surface area contributed by atoms with Crippen molar-refractivity contribution in [2.45, 2.75) is 40.7 Å². The van der Waals surface area contributed by atoms with Crippen LogP contribution in [0.4, 0.5) is 0 Å². The van der Waals surface area contributed by atoms with Crippen molar-refractivity contribution < 1.29 is 19.1 Å². The van der Waals surface area contributed by atoms with Crippen LogP contribution in [0.3, 0.4) is 0 Å². The summed E-state index contributed by atoms with van der Waals surface area (Å²) in [4.78, 5) is 22.7. The Balaban J connectivity index is 3.47. The molecule has 0 saturated carbocycles. The molecule has 1 N–H and O–H groups in total. The molecular weight excluding hydrogens is 234 g/mol. The maximum atomic E-state index is 11.5. The highest BCUT2D eigenvalue weighted by Crippen LogP contribution is 2.14. The van der Waals surface area contributed by atoms with Crippen molar-refractivity contribution in [1.29, 1.82) is 0 Å². The van der Waals surface area contributed by atoms with Gasteiger partial charge in [0.25, 0.3) is 0 Å². The van der Waals surface area contributed by atoms with Gasteiger partial charge in [-0.2, -0.15) is 0 Å². The Kier molecular flexibility index (Phi) is 7.78. The molecule has 0 rings (SSSR count). The number of carbonyl (C=O) groups is 2. The molecule has 0 aliphatic heterocycles. The van der Waals surface area contributed by atoms with Crippen molar-refractivity contribution in [1.82, 2.24) is 5.32 Å². The number of hydrogen-bond acceptors (Lipinski definition) is 4. The maximum Gasteiger partial charge on any atom is 0.246 e. The molecule has 0 heterocycles. The Morgan fingerprint density at radius 2 is 1.56 bits per heavy atom. The van der Waals surface area contributed by atoms with E-state index in [1.807, 2.05) is 34.6 Å². The van der Waals surface area contributed by atoms with Crippen LogP contribution in [-0.2, 0) is 19.1 Å². The monoisotopic (exact) mass is 259 g/mol. The van der Waals surface area contributed by atoms with E-state index in [1.54, 1.807) is 0 Å². The molecule has 5 nitrogen and oxygen atoms in total. The van der Waals surface area contributed by atoms with Crippen LogP contribution in [0, 0.1) is 5.41 Å². The van der Waals surface area contributed by atoms with Crippen molar-refractivity contribution in [3.8, 4) is 0 Å². The predicted molar refractivity (Wildman–Crippen MR) is 69.4 cm³/mol. The topological polar surface area (TPSA) is 64.6 Å². The first-order valence-corrected chi connectivity index (χ1v) is 6.21. The summed E-state index contributed by atoms with van der Waals surface area (Å²) in [7, 11) is 0. The number of nitrogens with one attached hydrogen (secondary N) is 1. The van der Waals surface area contributed by atoms with Crippen LogP contribution in [0.2, 0.25) is 0 Å². The summed E-state index contributed by atoms with van der Waals surface area (Å²) in [6.45, 7) is 10.1. The lowest BCUT2D eigenvalue weighted by Crippen LogP contribution is -2.33. The predicted octanol–water partition coefficient (Wildman–Crippen LogP) is 1.16. The molecule has 106 valence electrons. The van der Waals surface area contributed by atoms with E-state index in [1.165, 1.54) is 0 Å². The molecule has 0 radical (unpaired) electrons. The second-order valence-corrected chi connectivity index (χ2v) is 5.50. The molecule has 5 heteroatoms. The quantitative estimate of drug-likeness (QED) is 0.664. The molecular formula is C13H25NO4. The summed E-state index contributed by atoms with van der Waals surface area (Å²) in [5, 5.41) is 2.71. The Hall–Kier alpha value is -0.940. The van der Waals surface area contributed by atoms with E-state index in [2.05, 4.69) is 5.32 Å². The Labute approximate surface area is 109 Å². The molecule has 0 aliphatic rings. The lowest BCUT2D eigenvalue weighted by Gasteiger charge is -2.16. The van der Waals surface area contributed by atoms with Gasteiger partial charge in [-0.15, -0.1) is 0 Å². The van der Waals surface area contributed by atoms with E-state index >= 15 is 0 Å². The highest BCUT2D eigenvalue weighted by Gasteiger charge is 2.20. The molecule has 0 bridgehead atoms. The molecule has 0 saturated heterocycles. The number of ketones is 1. The maximum absolute atomic E-state index is 11.5. The second-order valence-electron chi connectivity index (χ2n) is 5.50. The van der Waals surface area contributed by atoms with Gasteiger partial charge in [0.1, 0.15) is 13.2 Å². The number of hydrogen-bond donors (Lipinski definition) is 1. The summed E-state index contributed by atoms with van der Waals surface area (Å²) >= 11 is 0. The van der Waals surface area contributed by atoms with E-state index < -0.39 is 0 Å². The zero-order valence-electron chi connectivity index (χ0n) is 12.0. The van der Waals surface area contributed by atoms with E-state index in [4.69, 9.17) is 9.47 Å². The first-order chi connectivity index (χ1) is 8.23. The highest BCUT2D eigenvalue weighted by atomic mass is 16.5. The van der Waals surface area contributed by atoms with Crippen molar-refractivity contribution in [3.63, 3.8) is 0 Å². The van der Waals surface area contributed by atoms with Crippen LogP contribution in [0.25, 0.3) is 0 Å². The summed E-state index contributed by atoms with van der Waals surface area (Å²) in [6.07, 6.45) is 0. The fourth-order valence-corrected chi connectivity index (χ4v) is 1.03. The minimum atomic E-state index is -0.377. The first-order valence-electron chi connectivity index (χ1n) is 6.21. The molecule has 0 aliphatic carbocycles. The van der Waals surface area contributed by atoms with E-state index in [0.717, 1.165) is 0 Å². The van der Waals surface area contributed by atoms with Gasteiger partial charge < -0.3 is 14.8 Å². The third-order valence-corrected chi connectivity index (χ3v) is 2.12. The molecule has 1 amide bonds. The second kappa shape index (κ2) is 8.21. The van der Waals surface area contributed by atoms with Gasteiger partial charge in [0.05, 0.1) is 13.2 Å². The minimum Gasteiger partial charge on any atom is -0.371 e. The average Bonchev–Trinajstić information content (AvgIpc) is 2.20. The Morgan fingerprint density at radius 1 is 1.06 bits per heavy atom. The van der Waals surface area contributed by atoms with E-state index in [0.29, 0.717) is 13.2 Å². The van der Waals surface area contributed by atoms with Gasteiger partial charge in [-0.05, 0) is 13.8 Å². The third kappa shape index (κ3) is 9.13. The molecule has 0 aromatic heterocycles. The van der Waals surface area contributed by atoms with Crippen LogP contribution in [0.15, 0.2) is 0 Å². The average molecular weight is 259 g/mol. The van der Waals surface area contributed by atoms with Crippen molar-refractivity contribution in [3.05, 3.63) is 0 Å². The number of ether oxygens (including phenoxy) is 2. The van der Waals surface area contributed by atoms with Gasteiger partial charge >= 0.3 is 0 Å². The van der Waals surface area contributed by atoms with Crippen molar-refractivity contribution >= 4 is 11.7 Å². The zero-order valence-corrected chi connectivity index (χ0v) is 12.0. The van der Waals surface area contributed by atoms with Gasteiger partial charge in [0, 0.05) is 11.5 Å². The van der Waals surface area contributed by atoms with Gasteiger partial charge in [-0.3, -0.25) is 9.59 Å². The standard InChI is InChI=1S/C13H25NO4/c1-10(2)14-12(16)9-18-7-6-17-8-11(15)13(3,4)5/h10H,6-9H2,1-5H3,(H,14,16). The first kappa shape index (κ1) is 17.1. The van der Waals surface area contributed by atoms with Crippen molar-refractivity contribution in [2.75, 3.05) is 26.4 Å². The number of carbonyl (C=O) groups excluding carboxylic acids is 2. The number of amides is 1. The molecule has 0 unspecified atom stereocenters. The molecule has 0 spiro atoms. The van der Waals surface area contributed by atoms with Crippen molar-refractivity contribution in [2.24, 2.45) is 5.41 Å². The largest absolute Gasteiger partial charge is 0.371 e. The van der Waals surface area contributed by atoms with Gasteiger partial charge in [-0.25, -0.2) is 0 Å². The summed E-state index contributed by atoms with van der Waals surface area (Å²) in [6, 6.07) is 0.113. The zero-order chi connectivity index (χ0) is 14.2. The van der Waals surface area contributed by atoms with Gasteiger partial charge in [0.15, 0.2) is 5.78 Å². The van der Waals surface area contributed by atoms with Crippen LogP contribution in [0.5, 0.6) is 0 Å². The van der Waals surface area contributed by atoms with Crippen LogP contribution in [-0.4, -0.2) is 44.2 Å². The fraction of sp³-hybridized carbons (Fsp3) is 0.846. The minimum absolute atomic E-state index is 0.0226. The smallest absolute Gasteiger partial charge is 0.246 e. The van der Waals surface area contributed by atoms with Gasteiger partial charge in [-0.1, -0.05) is 20.8 Å². The van der Waals surface area contributed by atoms with Crippen LogP contribution < -0.4 is 5.32 Å². The number of rotatable bonds is 8. The summed E-state index contributed by atoms with van der Waals surface area (Å²) in [5.41, 5.74) is -0.377. The summed E-state index contributed by atoms with van der Waals surface area (Å²) in [5.74, 6) is -0.0872. The lowest BCUT2D eigenvalue weighted by molar-refractivity contribution is -0.132. The Bertz CT molecular complexity index is 269. The molecule has 0 fully saturated rings. The van der Waals surface area contributed by atoms with E-state index in [-0.39, 0.29) is 36.4 Å². The molecule has 18 heavy (non-hydrogen) atoms. The molecule has 0 atom stereocenters. The fourth-order valence-electron chi connectivity index (χ4n) is 1.03. The molecule has 0 aromatic carbocycles. The number of Topliss-reactive ketones (excluding diaryl/α,β-unsaturated/α-hetero) is 1. The lowest BCUT2D eigenvalue weighted by atomic mass is 9.91. The third-order valence-electron chi connectivity index (χ3n) is 2.12. The van der Waals surface area contributed by atoms with Gasteiger partial charge in [0.2, 0.25) is 5.91 Å². The Morgan fingerprint density at radius 3 is 2.00 bits per heavy atom. The van der Waals surface area contributed by atoms with Crippen LogP contribution >= 0.6 is 0 Å². The molecule has 0 aromatic rings. The highest BCUT2D eigenvalue weighted by molar-refractivity contribution is 5.84. The summed E-state index contributed by atoms with van der Waals surface area (Å²) < 4.78 is 10.3.